The summed E-state index contributed by atoms with van der Waals surface area (Å²) in [5, 5.41) is 17.9. The van der Waals surface area contributed by atoms with Crippen LogP contribution in [0.1, 0.15) is 38.0 Å². The highest BCUT2D eigenvalue weighted by atomic mass is 16.6. The van der Waals surface area contributed by atoms with Gasteiger partial charge in [0.15, 0.2) is 0 Å². The number of carbonyl (C=O) groups excluding carboxylic acids is 2. The van der Waals surface area contributed by atoms with Gasteiger partial charge in [0.1, 0.15) is 13.2 Å². The van der Waals surface area contributed by atoms with Crippen LogP contribution in [0.5, 0.6) is 0 Å². The molecule has 0 heterocycles. The lowest BCUT2D eigenvalue weighted by atomic mass is 10.0. The van der Waals surface area contributed by atoms with Crippen molar-refractivity contribution in [3.63, 3.8) is 0 Å². The van der Waals surface area contributed by atoms with Crippen LogP contribution in [-0.2, 0) is 19.0 Å². The quantitative estimate of drug-likeness (QED) is 0.494. The highest BCUT2D eigenvalue weighted by molar-refractivity contribution is 6.04. The van der Waals surface area contributed by atoms with Gasteiger partial charge in [0.25, 0.3) is 0 Å². The summed E-state index contributed by atoms with van der Waals surface area (Å²) in [6, 6.07) is 3.05. The van der Waals surface area contributed by atoms with Gasteiger partial charge in [-0.15, -0.1) is 0 Å². The molecule has 1 rings (SSSR count). The van der Waals surface area contributed by atoms with Gasteiger partial charge < -0.3 is 24.4 Å². The van der Waals surface area contributed by atoms with Crippen molar-refractivity contribution in [3.8, 4) is 0 Å². The lowest BCUT2D eigenvalue weighted by Gasteiger charge is -2.09. The maximum absolute atomic E-state index is 11.9. The third-order valence-corrected chi connectivity index (χ3v) is 2.71. The van der Waals surface area contributed by atoms with Crippen molar-refractivity contribution in [2.45, 2.75) is 6.92 Å². The van der Waals surface area contributed by atoms with Crippen LogP contribution in [0.3, 0.4) is 0 Å². The van der Waals surface area contributed by atoms with Gasteiger partial charge in [-0.2, -0.15) is 0 Å². The number of carboxylic acids is 2. The van der Waals surface area contributed by atoms with Crippen molar-refractivity contribution in [2.24, 2.45) is 0 Å². The number of ether oxygens (including phenoxy) is 3. The van der Waals surface area contributed by atoms with E-state index in [1.807, 2.05) is 0 Å². The Bertz CT molecular complexity index is 636. The predicted octanol–water partition coefficient (Wildman–Crippen LogP) is 0.820. The second-order valence-corrected chi connectivity index (χ2v) is 4.46. The second kappa shape index (κ2) is 9.26. The summed E-state index contributed by atoms with van der Waals surface area (Å²) >= 11 is 0. The minimum atomic E-state index is -1.38. The van der Waals surface area contributed by atoms with Crippen LogP contribution in [0.2, 0.25) is 0 Å². The number of hydrogen-bond donors (Lipinski definition) is 2. The first-order valence-corrected chi connectivity index (χ1v) is 6.81. The molecule has 0 amide bonds. The monoisotopic (exact) mass is 340 g/mol. The minimum Gasteiger partial charge on any atom is -0.478 e. The van der Waals surface area contributed by atoms with Crippen LogP contribution >= 0.6 is 0 Å². The summed E-state index contributed by atoms with van der Waals surface area (Å²) in [7, 11) is 0. The molecule has 0 aliphatic rings. The van der Waals surface area contributed by atoms with E-state index in [1.165, 1.54) is 6.92 Å². The lowest BCUT2D eigenvalue weighted by molar-refractivity contribution is -0.142. The van der Waals surface area contributed by atoms with Crippen LogP contribution in [0.25, 0.3) is 0 Å². The van der Waals surface area contributed by atoms with Crippen molar-refractivity contribution in [2.75, 3.05) is 26.4 Å². The zero-order valence-electron chi connectivity index (χ0n) is 12.8. The fourth-order valence-electron chi connectivity index (χ4n) is 1.65. The highest BCUT2D eigenvalue weighted by Crippen LogP contribution is 2.14. The SMILES string of the molecule is CC(=O)OCCOCCOC(=O)c1cc(C(=O)O)ccc1C(=O)O. The largest absolute Gasteiger partial charge is 0.478 e. The van der Waals surface area contributed by atoms with Crippen molar-refractivity contribution < 1.29 is 43.6 Å². The number of benzene rings is 1. The van der Waals surface area contributed by atoms with Gasteiger partial charge in [-0.05, 0) is 18.2 Å². The van der Waals surface area contributed by atoms with Crippen molar-refractivity contribution >= 4 is 23.9 Å². The van der Waals surface area contributed by atoms with E-state index < -0.39 is 23.9 Å². The number of carboxylic acid groups (broad SMARTS) is 2. The zero-order valence-corrected chi connectivity index (χ0v) is 12.8. The van der Waals surface area contributed by atoms with Crippen LogP contribution in [0.4, 0.5) is 0 Å². The van der Waals surface area contributed by atoms with E-state index in [-0.39, 0.29) is 43.1 Å². The molecule has 0 fully saturated rings. The summed E-state index contributed by atoms with van der Waals surface area (Å²) < 4.78 is 14.5. The van der Waals surface area contributed by atoms with Gasteiger partial charge in [0, 0.05) is 6.92 Å². The molecular weight excluding hydrogens is 324 g/mol. The molecule has 0 unspecified atom stereocenters. The van der Waals surface area contributed by atoms with E-state index in [0.29, 0.717) is 0 Å². The molecule has 2 N–H and O–H groups in total. The number of hydrogen-bond acceptors (Lipinski definition) is 7. The molecule has 0 saturated carbocycles. The molecule has 9 heteroatoms. The van der Waals surface area contributed by atoms with E-state index in [2.05, 4.69) is 4.74 Å². The molecular formula is C15H16O9. The van der Waals surface area contributed by atoms with Gasteiger partial charge in [-0.25, -0.2) is 14.4 Å². The Morgan fingerprint density at radius 3 is 2.04 bits per heavy atom. The first-order valence-electron chi connectivity index (χ1n) is 6.81. The Hall–Kier alpha value is -2.94. The molecule has 0 atom stereocenters. The maximum atomic E-state index is 11.9. The molecule has 0 bridgehead atoms. The minimum absolute atomic E-state index is 0.00797. The summed E-state index contributed by atoms with van der Waals surface area (Å²) in [5.74, 6) is -4.09. The van der Waals surface area contributed by atoms with Gasteiger partial charge in [0.05, 0.1) is 29.9 Å². The summed E-state index contributed by atoms with van der Waals surface area (Å²) in [6.07, 6.45) is 0. The molecule has 0 radical (unpaired) electrons. The van der Waals surface area contributed by atoms with Crippen molar-refractivity contribution in [1.29, 1.82) is 0 Å². The standard InChI is InChI=1S/C15H16O9/c1-9(16)23-6-4-22-5-7-24-15(21)12-8-10(13(17)18)2-3-11(12)14(19)20/h2-3,8H,4-7H2,1H3,(H,17,18)(H,19,20). The van der Waals surface area contributed by atoms with E-state index in [9.17, 15) is 19.2 Å². The fraction of sp³-hybridized carbons (Fsp3) is 0.333. The molecule has 1 aromatic rings. The van der Waals surface area contributed by atoms with Crippen LogP contribution < -0.4 is 0 Å². The van der Waals surface area contributed by atoms with E-state index in [4.69, 9.17) is 19.7 Å². The Labute approximate surface area is 136 Å². The molecule has 0 spiro atoms. The zero-order chi connectivity index (χ0) is 18.1. The lowest BCUT2D eigenvalue weighted by Crippen LogP contribution is -2.16. The molecule has 1 aromatic carbocycles. The Morgan fingerprint density at radius 1 is 0.875 bits per heavy atom. The molecule has 130 valence electrons. The average molecular weight is 340 g/mol. The summed E-state index contributed by atoms with van der Waals surface area (Å²) in [6.45, 7) is 1.27. The van der Waals surface area contributed by atoms with Crippen LogP contribution in [0, 0.1) is 0 Å². The fourth-order valence-corrected chi connectivity index (χ4v) is 1.65. The third-order valence-electron chi connectivity index (χ3n) is 2.71. The molecule has 0 aliphatic carbocycles. The van der Waals surface area contributed by atoms with Crippen LogP contribution in [-0.4, -0.2) is 60.5 Å². The molecule has 0 aromatic heterocycles. The van der Waals surface area contributed by atoms with E-state index in [0.717, 1.165) is 18.2 Å². The van der Waals surface area contributed by atoms with Crippen LogP contribution in [0.15, 0.2) is 18.2 Å². The second-order valence-electron chi connectivity index (χ2n) is 4.46. The number of carbonyl (C=O) groups is 4. The maximum Gasteiger partial charge on any atom is 0.339 e. The molecule has 0 saturated heterocycles. The van der Waals surface area contributed by atoms with Gasteiger partial charge in [-0.1, -0.05) is 0 Å². The number of rotatable bonds is 9. The van der Waals surface area contributed by atoms with Crippen molar-refractivity contribution in [3.05, 3.63) is 34.9 Å². The predicted molar refractivity (Wildman–Crippen MR) is 78.1 cm³/mol. The number of esters is 2. The molecule has 0 aliphatic heterocycles. The first kappa shape index (κ1) is 19.1. The normalized spacial score (nSPS) is 10.0. The van der Waals surface area contributed by atoms with Gasteiger partial charge in [-0.3, -0.25) is 4.79 Å². The Kier molecular flexibility index (Phi) is 7.37. The summed E-state index contributed by atoms with van der Waals surface area (Å²) in [5.41, 5.74) is -0.951. The average Bonchev–Trinajstić information content (AvgIpc) is 2.52. The Balaban J connectivity index is 2.57. The molecule has 24 heavy (non-hydrogen) atoms. The third kappa shape index (κ3) is 6.05. The first-order chi connectivity index (χ1) is 11.3. The Morgan fingerprint density at radius 2 is 1.50 bits per heavy atom. The van der Waals surface area contributed by atoms with E-state index in [1.54, 1.807) is 0 Å². The van der Waals surface area contributed by atoms with Gasteiger partial charge in [0.2, 0.25) is 0 Å². The summed E-state index contributed by atoms with van der Waals surface area (Å²) in [4.78, 5) is 44.4. The topological polar surface area (TPSA) is 136 Å². The highest BCUT2D eigenvalue weighted by Gasteiger charge is 2.20. The van der Waals surface area contributed by atoms with Crippen molar-refractivity contribution in [1.82, 2.24) is 0 Å². The number of aromatic carboxylic acids is 2. The smallest absolute Gasteiger partial charge is 0.339 e. The van der Waals surface area contributed by atoms with E-state index >= 15 is 0 Å². The molecule has 9 nitrogen and oxygen atoms in total. The van der Waals surface area contributed by atoms with Gasteiger partial charge >= 0.3 is 23.9 Å².